The number of para-hydroxylation sites is 2. The third-order valence-corrected chi connectivity index (χ3v) is 5.31. The van der Waals surface area contributed by atoms with Crippen molar-refractivity contribution in [2.45, 2.75) is 45.4 Å². The van der Waals surface area contributed by atoms with Gasteiger partial charge in [-0.15, -0.1) is 24.0 Å². The van der Waals surface area contributed by atoms with Gasteiger partial charge in [0, 0.05) is 31.2 Å². The molecule has 0 saturated carbocycles. The minimum Gasteiger partial charge on any atom is -0.433 e. The monoisotopic (exact) mass is 575 g/mol. The number of nitrogens with one attached hydrogen (secondary N) is 3. The van der Waals surface area contributed by atoms with Crippen molar-refractivity contribution in [1.82, 2.24) is 15.4 Å². The number of anilines is 1. The molecule has 31 heavy (non-hydrogen) atoms. The Labute approximate surface area is 200 Å². The zero-order valence-corrected chi connectivity index (χ0v) is 21.3. The lowest BCUT2D eigenvalue weighted by Gasteiger charge is -2.25. The number of guanidine groups is 1. The molecule has 0 aliphatic carbocycles. The number of rotatable bonds is 9. The Morgan fingerprint density at radius 2 is 2.03 bits per heavy atom. The number of nitrogens with zero attached hydrogens (tertiary/aromatic N) is 2. The summed E-state index contributed by atoms with van der Waals surface area (Å²) in [6.45, 7) is 4.76. The highest BCUT2D eigenvalue weighted by Crippen LogP contribution is 2.31. The SMILES string of the molecule is CCNC(=NCC(C)(C)NS(C)(=O)=O)NC1CCN(c2ccccc2OC(F)F)C1.I. The zero-order valence-electron chi connectivity index (χ0n) is 18.2. The first kappa shape index (κ1) is 27.6. The van der Waals surface area contributed by atoms with Gasteiger partial charge in [0.15, 0.2) is 5.96 Å². The van der Waals surface area contributed by atoms with Crippen LogP contribution in [0.25, 0.3) is 0 Å². The third kappa shape index (κ3) is 9.73. The lowest BCUT2D eigenvalue weighted by Crippen LogP contribution is -2.48. The van der Waals surface area contributed by atoms with E-state index in [0.29, 0.717) is 31.3 Å². The first-order chi connectivity index (χ1) is 14.0. The lowest BCUT2D eigenvalue weighted by molar-refractivity contribution is -0.0495. The molecule has 1 aliphatic rings. The maximum absolute atomic E-state index is 12.7. The maximum Gasteiger partial charge on any atom is 0.387 e. The van der Waals surface area contributed by atoms with Crippen LogP contribution in [0, 0.1) is 0 Å². The summed E-state index contributed by atoms with van der Waals surface area (Å²) in [6, 6.07) is 6.79. The van der Waals surface area contributed by atoms with Gasteiger partial charge in [-0.1, -0.05) is 12.1 Å². The van der Waals surface area contributed by atoms with Gasteiger partial charge in [-0.3, -0.25) is 4.99 Å². The van der Waals surface area contributed by atoms with E-state index in [2.05, 4.69) is 25.1 Å². The van der Waals surface area contributed by atoms with Gasteiger partial charge in [-0.25, -0.2) is 13.1 Å². The molecule has 0 amide bonds. The molecule has 1 saturated heterocycles. The molecule has 1 unspecified atom stereocenters. The molecule has 1 aromatic carbocycles. The average Bonchev–Trinajstić information content (AvgIpc) is 3.06. The largest absolute Gasteiger partial charge is 0.433 e. The van der Waals surface area contributed by atoms with E-state index in [1.165, 1.54) is 6.07 Å². The smallest absolute Gasteiger partial charge is 0.387 e. The first-order valence-corrected chi connectivity index (χ1v) is 11.7. The van der Waals surface area contributed by atoms with E-state index < -0.39 is 22.2 Å². The fraction of sp³-hybridized carbons (Fsp3) is 0.632. The van der Waals surface area contributed by atoms with Crippen LogP contribution < -0.4 is 25.0 Å². The summed E-state index contributed by atoms with van der Waals surface area (Å²) in [5.74, 6) is 0.729. The van der Waals surface area contributed by atoms with Crippen molar-refractivity contribution in [1.29, 1.82) is 0 Å². The number of hydrogen-bond donors (Lipinski definition) is 3. The molecular formula is C19H32F2IN5O3S. The molecule has 0 radical (unpaired) electrons. The Kier molecular flexibility index (Phi) is 10.7. The summed E-state index contributed by atoms with van der Waals surface area (Å²) in [5.41, 5.74) is -0.106. The molecule has 12 heteroatoms. The minimum atomic E-state index is -3.35. The van der Waals surface area contributed by atoms with E-state index in [9.17, 15) is 17.2 Å². The predicted molar refractivity (Wildman–Crippen MR) is 130 cm³/mol. The van der Waals surface area contributed by atoms with Gasteiger partial charge in [0.2, 0.25) is 10.0 Å². The molecule has 1 aliphatic heterocycles. The van der Waals surface area contributed by atoms with Gasteiger partial charge in [0.25, 0.3) is 0 Å². The van der Waals surface area contributed by atoms with Gasteiger partial charge in [-0.2, -0.15) is 8.78 Å². The van der Waals surface area contributed by atoms with E-state index in [1.807, 2.05) is 11.8 Å². The van der Waals surface area contributed by atoms with Crippen LogP contribution in [0.15, 0.2) is 29.3 Å². The Morgan fingerprint density at radius 3 is 2.65 bits per heavy atom. The standard InChI is InChI=1S/C19H31F2N5O3S.HI/c1-5-22-18(23-13-19(2,3)25-30(4,27)28)24-14-10-11-26(12-14)15-8-6-7-9-16(15)29-17(20)21;/h6-9,14,17,25H,5,10-13H2,1-4H3,(H2,22,23,24);1H. The van der Waals surface area contributed by atoms with Crippen LogP contribution in [0.3, 0.4) is 0 Å². The maximum atomic E-state index is 12.7. The highest BCUT2D eigenvalue weighted by atomic mass is 127. The Hall–Kier alpha value is -1.41. The number of alkyl halides is 2. The van der Waals surface area contributed by atoms with Crippen molar-refractivity contribution in [2.75, 3.05) is 37.3 Å². The highest BCUT2D eigenvalue weighted by molar-refractivity contribution is 14.0. The molecule has 0 aromatic heterocycles. The molecule has 2 rings (SSSR count). The van der Waals surface area contributed by atoms with E-state index in [1.54, 1.807) is 32.0 Å². The normalized spacial score (nSPS) is 17.5. The van der Waals surface area contributed by atoms with Gasteiger partial charge in [0.1, 0.15) is 5.75 Å². The molecular weight excluding hydrogens is 543 g/mol. The summed E-state index contributed by atoms with van der Waals surface area (Å²) in [4.78, 5) is 6.51. The second kappa shape index (κ2) is 12.0. The molecule has 0 spiro atoms. The van der Waals surface area contributed by atoms with Crippen LogP contribution in [-0.2, 0) is 10.0 Å². The van der Waals surface area contributed by atoms with Crippen LogP contribution >= 0.6 is 24.0 Å². The minimum absolute atomic E-state index is 0. The predicted octanol–water partition coefficient (Wildman–Crippen LogP) is 2.37. The summed E-state index contributed by atoms with van der Waals surface area (Å²) in [7, 11) is -3.35. The van der Waals surface area contributed by atoms with Gasteiger partial charge < -0.3 is 20.3 Å². The van der Waals surface area contributed by atoms with Gasteiger partial charge in [0.05, 0.1) is 18.5 Å². The topological polar surface area (TPSA) is 95.1 Å². The number of sulfonamides is 1. The number of hydrogen-bond acceptors (Lipinski definition) is 5. The molecule has 1 atom stereocenters. The van der Waals surface area contributed by atoms with Crippen LogP contribution in [-0.4, -0.2) is 65.0 Å². The average molecular weight is 575 g/mol. The van der Waals surface area contributed by atoms with E-state index in [0.717, 1.165) is 12.7 Å². The summed E-state index contributed by atoms with van der Waals surface area (Å²) in [5, 5.41) is 6.50. The van der Waals surface area contributed by atoms with Gasteiger partial charge >= 0.3 is 6.61 Å². The molecule has 0 bridgehead atoms. The van der Waals surface area contributed by atoms with Crippen molar-refractivity contribution in [3.8, 4) is 5.75 Å². The van der Waals surface area contributed by atoms with Gasteiger partial charge in [-0.05, 0) is 39.3 Å². The Bertz CT molecular complexity index is 840. The molecule has 8 nitrogen and oxygen atoms in total. The van der Waals surface area contributed by atoms with Crippen molar-refractivity contribution < 1.29 is 21.9 Å². The Balaban J connectivity index is 0.00000480. The molecule has 1 fully saturated rings. The first-order valence-electron chi connectivity index (χ1n) is 9.81. The molecule has 3 N–H and O–H groups in total. The fourth-order valence-corrected chi connectivity index (χ4v) is 4.40. The van der Waals surface area contributed by atoms with E-state index in [4.69, 9.17) is 0 Å². The number of ether oxygens (including phenoxy) is 1. The number of benzene rings is 1. The van der Waals surface area contributed by atoms with Crippen LogP contribution in [0.2, 0.25) is 0 Å². The van der Waals surface area contributed by atoms with Crippen LogP contribution in [0.4, 0.5) is 14.5 Å². The van der Waals surface area contributed by atoms with Crippen molar-refractivity contribution in [3.05, 3.63) is 24.3 Å². The van der Waals surface area contributed by atoms with Crippen LogP contribution in [0.5, 0.6) is 5.75 Å². The van der Waals surface area contributed by atoms with E-state index >= 15 is 0 Å². The zero-order chi connectivity index (χ0) is 22.4. The van der Waals surface area contributed by atoms with E-state index in [-0.39, 0.29) is 42.3 Å². The quantitative estimate of drug-likeness (QED) is 0.238. The highest BCUT2D eigenvalue weighted by Gasteiger charge is 2.27. The molecule has 178 valence electrons. The summed E-state index contributed by atoms with van der Waals surface area (Å²) in [6.07, 6.45) is 1.91. The summed E-state index contributed by atoms with van der Waals surface area (Å²) < 4.78 is 55.6. The second-order valence-corrected chi connectivity index (χ2v) is 9.62. The summed E-state index contributed by atoms with van der Waals surface area (Å²) >= 11 is 0. The van der Waals surface area contributed by atoms with Crippen molar-refractivity contribution >= 4 is 45.6 Å². The second-order valence-electron chi connectivity index (χ2n) is 7.88. The molecule has 1 aromatic rings. The lowest BCUT2D eigenvalue weighted by atomic mass is 10.1. The van der Waals surface area contributed by atoms with Crippen molar-refractivity contribution in [3.63, 3.8) is 0 Å². The number of aliphatic imine (C=N–C) groups is 1. The Morgan fingerprint density at radius 1 is 1.35 bits per heavy atom. The number of halogens is 3. The van der Waals surface area contributed by atoms with Crippen molar-refractivity contribution in [2.24, 2.45) is 4.99 Å². The molecule has 1 heterocycles. The third-order valence-electron chi connectivity index (χ3n) is 4.39. The van der Waals surface area contributed by atoms with Crippen LogP contribution in [0.1, 0.15) is 27.2 Å². The fourth-order valence-electron chi connectivity index (χ4n) is 3.34.